The number of halogens is 3. The number of carbonyl (C=O) groups is 2. The number of carboxylic acid groups (broad SMARTS) is 1. The highest BCUT2D eigenvalue weighted by Gasteiger charge is 2.32. The third-order valence-corrected chi connectivity index (χ3v) is 5.01. The monoisotopic (exact) mass is 475 g/mol. The average Bonchev–Trinajstić information content (AvgIpc) is 3.30. The third-order valence-electron chi connectivity index (χ3n) is 5.01. The van der Waals surface area contributed by atoms with Crippen LogP contribution >= 0.6 is 0 Å². The summed E-state index contributed by atoms with van der Waals surface area (Å²) in [5.41, 5.74) is 1.20. The number of rotatable bonds is 10. The van der Waals surface area contributed by atoms with Gasteiger partial charge in [0.1, 0.15) is 0 Å². The van der Waals surface area contributed by atoms with Crippen molar-refractivity contribution < 1.29 is 27.9 Å². The Kier molecular flexibility index (Phi) is 7.87. The number of hydrogen-bond donors (Lipinski definition) is 3. The molecule has 1 amide bonds. The van der Waals surface area contributed by atoms with Crippen LogP contribution in [0.2, 0.25) is 0 Å². The maximum absolute atomic E-state index is 12.8. The minimum Gasteiger partial charge on any atom is -0.481 e. The van der Waals surface area contributed by atoms with Gasteiger partial charge in [0, 0.05) is 18.3 Å². The lowest BCUT2D eigenvalue weighted by Crippen LogP contribution is -2.26. The van der Waals surface area contributed by atoms with Crippen LogP contribution < -0.4 is 10.6 Å². The molecule has 3 aromatic rings. The van der Waals surface area contributed by atoms with Crippen LogP contribution in [0.5, 0.6) is 0 Å². The van der Waals surface area contributed by atoms with Crippen LogP contribution in [0, 0.1) is 0 Å². The molecule has 2 aromatic heterocycles. The van der Waals surface area contributed by atoms with Crippen LogP contribution in [0.3, 0.4) is 0 Å². The number of aromatic nitrogens is 3. The molecule has 1 unspecified atom stereocenters. The Balaban J connectivity index is 1.67. The highest BCUT2D eigenvalue weighted by Crippen LogP contribution is 2.29. The van der Waals surface area contributed by atoms with Crippen molar-refractivity contribution in [2.45, 2.75) is 38.4 Å². The van der Waals surface area contributed by atoms with Gasteiger partial charge < -0.3 is 15.7 Å². The number of pyridine rings is 1. The predicted octanol–water partition coefficient (Wildman–Crippen LogP) is 4.44. The summed E-state index contributed by atoms with van der Waals surface area (Å²) in [6, 6.07) is 10.2. The summed E-state index contributed by atoms with van der Waals surface area (Å²) in [5, 5.41) is 18.3. The summed E-state index contributed by atoms with van der Waals surface area (Å²) < 4.78 is 39.4. The minimum absolute atomic E-state index is 0.0506. The van der Waals surface area contributed by atoms with Crippen LogP contribution in [0.15, 0.2) is 55.0 Å². The maximum atomic E-state index is 12.8. The van der Waals surface area contributed by atoms with Crippen molar-refractivity contribution in [3.63, 3.8) is 0 Å². The van der Waals surface area contributed by atoms with Crippen molar-refractivity contribution in [1.82, 2.24) is 20.1 Å². The standard InChI is InChI=1S/C23H24F3N5O3/c1-2-3-19(15-4-6-16(7-5-15)22(34)27-11-10-21(32)33)30-18-8-9-20(28-13-18)31-14-17(12-29-31)23(24,25)26/h4-9,12-14,19,30H,2-3,10-11H2,1H3,(H,27,34)(H,32,33). The highest BCUT2D eigenvalue weighted by molar-refractivity contribution is 5.94. The molecule has 1 aromatic carbocycles. The molecule has 0 spiro atoms. The topological polar surface area (TPSA) is 109 Å². The van der Waals surface area contributed by atoms with E-state index in [-0.39, 0.29) is 30.7 Å². The fourth-order valence-corrected chi connectivity index (χ4v) is 3.27. The lowest BCUT2D eigenvalue weighted by Gasteiger charge is -2.20. The zero-order chi connectivity index (χ0) is 24.7. The number of benzene rings is 1. The fourth-order valence-electron chi connectivity index (χ4n) is 3.27. The number of nitrogens with one attached hydrogen (secondary N) is 2. The molecule has 0 bridgehead atoms. The first kappa shape index (κ1) is 24.7. The quantitative estimate of drug-likeness (QED) is 0.400. The molecule has 180 valence electrons. The molecule has 0 saturated heterocycles. The van der Waals surface area contributed by atoms with E-state index in [1.165, 1.54) is 6.20 Å². The van der Waals surface area contributed by atoms with Gasteiger partial charge in [0.15, 0.2) is 5.82 Å². The first-order valence-corrected chi connectivity index (χ1v) is 10.6. The predicted molar refractivity (Wildman–Crippen MR) is 119 cm³/mol. The Bertz CT molecular complexity index is 1110. The first-order chi connectivity index (χ1) is 16.2. The van der Waals surface area contributed by atoms with Crippen molar-refractivity contribution >= 4 is 17.6 Å². The SMILES string of the molecule is CCCC(Nc1ccc(-n2cc(C(F)(F)F)cn2)nc1)c1ccc(C(=O)NCCC(=O)O)cc1. The summed E-state index contributed by atoms with van der Waals surface area (Å²) in [6.45, 7) is 2.09. The maximum Gasteiger partial charge on any atom is 0.419 e. The van der Waals surface area contributed by atoms with Crippen molar-refractivity contribution in [3.8, 4) is 5.82 Å². The Hall–Kier alpha value is -3.89. The van der Waals surface area contributed by atoms with Crippen LogP contribution in [-0.2, 0) is 11.0 Å². The molecule has 1 atom stereocenters. The van der Waals surface area contributed by atoms with E-state index in [4.69, 9.17) is 5.11 Å². The number of carbonyl (C=O) groups excluding carboxylic acids is 1. The van der Waals surface area contributed by atoms with Gasteiger partial charge in [-0.1, -0.05) is 25.5 Å². The Labute approximate surface area is 193 Å². The number of hydrogen-bond acceptors (Lipinski definition) is 5. The van der Waals surface area contributed by atoms with E-state index in [1.807, 2.05) is 19.1 Å². The van der Waals surface area contributed by atoms with Crippen molar-refractivity contribution in [3.05, 3.63) is 71.7 Å². The third kappa shape index (κ3) is 6.56. The van der Waals surface area contributed by atoms with Gasteiger partial charge in [0.2, 0.25) is 0 Å². The van der Waals surface area contributed by atoms with E-state index in [1.54, 1.807) is 24.3 Å². The molecule has 0 aliphatic carbocycles. The number of aliphatic carboxylic acids is 1. The van der Waals surface area contributed by atoms with Gasteiger partial charge >= 0.3 is 12.1 Å². The molecular formula is C23H24F3N5O3. The van der Waals surface area contributed by atoms with Crippen molar-refractivity contribution in [1.29, 1.82) is 0 Å². The number of carboxylic acids is 1. The summed E-state index contributed by atoms with van der Waals surface area (Å²) in [4.78, 5) is 26.9. The van der Waals surface area contributed by atoms with Crippen molar-refractivity contribution in [2.75, 3.05) is 11.9 Å². The largest absolute Gasteiger partial charge is 0.481 e. The molecule has 3 rings (SSSR count). The lowest BCUT2D eigenvalue weighted by atomic mass is 10.0. The Morgan fingerprint density at radius 2 is 1.85 bits per heavy atom. The number of alkyl halides is 3. The zero-order valence-corrected chi connectivity index (χ0v) is 18.3. The second kappa shape index (κ2) is 10.8. The molecule has 2 heterocycles. The molecule has 0 aliphatic heterocycles. The minimum atomic E-state index is -4.47. The van der Waals surface area contributed by atoms with Gasteiger partial charge in [-0.15, -0.1) is 0 Å². The first-order valence-electron chi connectivity index (χ1n) is 10.6. The molecule has 0 radical (unpaired) electrons. The van der Waals surface area contributed by atoms with Gasteiger partial charge in [-0.25, -0.2) is 9.67 Å². The molecule has 3 N–H and O–H groups in total. The van der Waals surface area contributed by atoms with Gasteiger partial charge in [0.05, 0.1) is 36.1 Å². The van der Waals surface area contributed by atoms with Crippen LogP contribution in [0.1, 0.15) is 53.7 Å². The van der Waals surface area contributed by atoms with Gasteiger partial charge in [0.25, 0.3) is 5.91 Å². The second-order valence-electron chi connectivity index (χ2n) is 7.58. The smallest absolute Gasteiger partial charge is 0.419 e. The number of nitrogens with zero attached hydrogens (tertiary/aromatic N) is 3. The number of amides is 1. The van der Waals surface area contributed by atoms with E-state index >= 15 is 0 Å². The number of anilines is 1. The average molecular weight is 475 g/mol. The highest BCUT2D eigenvalue weighted by atomic mass is 19.4. The molecular weight excluding hydrogens is 451 g/mol. The van der Waals surface area contributed by atoms with Crippen LogP contribution in [0.4, 0.5) is 18.9 Å². The zero-order valence-electron chi connectivity index (χ0n) is 18.3. The normalized spacial score (nSPS) is 12.2. The van der Waals surface area contributed by atoms with Crippen LogP contribution in [-0.4, -0.2) is 38.3 Å². The molecule has 0 fully saturated rings. The Morgan fingerprint density at radius 3 is 2.41 bits per heavy atom. The summed E-state index contributed by atoms with van der Waals surface area (Å²) in [7, 11) is 0. The fraction of sp³-hybridized carbons (Fsp3) is 0.304. The molecule has 8 nitrogen and oxygen atoms in total. The van der Waals surface area contributed by atoms with Gasteiger partial charge in [-0.3, -0.25) is 9.59 Å². The van der Waals surface area contributed by atoms with E-state index < -0.39 is 17.7 Å². The Morgan fingerprint density at radius 1 is 1.12 bits per heavy atom. The van der Waals surface area contributed by atoms with E-state index in [0.717, 1.165) is 35.5 Å². The second-order valence-corrected chi connectivity index (χ2v) is 7.58. The molecule has 34 heavy (non-hydrogen) atoms. The van der Waals surface area contributed by atoms with E-state index in [2.05, 4.69) is 20.7 Å². The van der Waals surface area contributed by atoms with Crippen LogP contribution in [0.25, 0.3) is 5.82 Å². The van der Waals surface area contributed by atoms with E-state index in [0.29, 0.717) is 11.3 Å². The van der Waals surface area contributed by atoms with Gasteiger partial charge in [-0.2, -0.15) is 18.3 Å². The lowest BCUT2D eigenvalue weighted by molar-refractivity contribution is -0.138. The van der Waals surface area contributed by atoms with E-state index in [9.17, 15) is 22.8 Å². The molecule has 0 saturated carbocycles. The summed E-state index contributed by atoms with van der Waals surface area (Å²) in [5.74, 6) is -1.08. The summed E-state index contributed by atoms with van der Waals surface area (Å²) >= 11 is 0. The van der Waals surface area contributed by atoms with Gasteiger partial charge in [-0.05, 0) is 36.2 Å². The molecule has 0 aliphatic rings. The molecule has 11 heteroatoms. The van der Waals surface area contributed by atoms with Crippen molar-refractivity contribution in [2.24, 2.45) is 0 Å². The summed E-state index contributed by atoms with van der Waals surface area (Å²) in [6.07, 6.45) is 0.214.